The van der Waals surface area contributed by atoms with Crippen molar-refractivity contribution >= 4 is 56.6 Å². The van der Waals surface area contributed by atoms with Crippen molar-refractivity contribution in [2.75, 3.05) is 6.61 Å². The summed E-state index contributed by atoms with van der Waals surface area (Å²) in [7, 11) is 0. The van der Waals surface area contributed by atoms with Gasteiger partial charge in [0.05, 0.1) is 6.61 Å². The Morgan fingerprint density at radius 2 is 2.29 bits per heavy atom. The minimum Gasteiger partial charge on any atom is -0.492 e. The highest BCUT2D eigenvalue weighted by molar-refractivity contribution is 14.1. The fourth-order valence-electron chi connectivity index (χ4n) is 1.35. The second-order valence-electron chi connectivity index (χ2n) is 2.83. The second kappa shape index (κ2) is 4.28. The molecular weight excluding hydrogens is 327 g/mol. The zero-order chi connectivity index (χ0) is 10.1. The predicted octanol–water partition coefficient (Wildman–Crippen LogP) is 4.19. The van der Waals surface area contributed by atoms with Crippen LogP contribution in [0.4, 0.5) is 0 Å². The number of hydrogen-bond donors (Lipinski definition) is 1. The van der Waals surface area contributed by atoms with Crippen LogP contribution in [0.15, 0.2) is 22.4 Å². The molecule has 14 heavy (non-hydrogen) atoms. The lowest BCUT2D eigenvalue weighted by atomic mass is 10.2. The van der Waals surface area contributed by atoms with Crippen molar-refractivity contribution in [3.63, 3.8) is 0 Å². The fourth-order valence-corrected chi connectivity index (χ4v) is 3.82. The van der Waals surface area contributed by atoms with E-state index in [0.29, 0.717) is 6.61 Å². The number of halogens is 1. The molecule has 0 N–H and O–H groups in total. The molecule has 0 fully saturated rings. The SMILES string of the molecule is CCOc1csc2cc(I)cc(S)c12. The van der Waals surface area contributed by atoms with Gasteiger partial charge in [0.15, 0.2) is 0 Å². The maximum Gasteiger partial charge on any atom is 0.138 e. The van der Waals surface area contributed by atoms with Crippen LogP contribution in [0.25, 0.3) is 10.1 Å². The first-order valence-electron chi connectivity index (χ1n) is 4.25. The van der Waals surface area contributed by atoms with Gasteiger partial charge < -0.3 is 4.74 Å². The molecule has 0 amide bonds. The molecule has 1 aromatic carbocycles. The molecule has 1 aromatic heterocycles. The first kappa shape index (κ1) is 10.6. The first-order valence-corrected chi connectivity index (χ1v) is 6.65. The lowest BCUT2D eigenvalue weighted by Crippen LogP contribution is -1.89. The number of hydrogen-bond acceptors (Lipinski definition) is 3. The third-order valence-electron chi connectivity index (χ3n) is 1.89. The van der Waals surface area contributed by atoms with Crippen LogP contribution in [-0.2, 0) is 0 Å². The van der Waals surface area contributed by atoms with Gasteiger partial charge in [0.25, 0.3) is 0 Å². The summed E-state index contributed by atoms with van der Waals surface area (Å²) in [5, 5.41) is 3.19. The zero-order valence-electron chi connectivity index (χ0n) is 7.58. The van der Waals surface area contributed by atoms with Crippen molar-refractivity contribution in [2.45, 2.75) is 11.8 Å². The van der Waals surface area contributed by atoms with Gasteiger partial charge in [-0.1, -0.05) is 0 Å². The minimum atomic E-state index is 0.699. The highest BCUT2D eigenvalue weighted by Gasteiger charge is 2.08. The van der Waals surface area contributed by atoms with Crippen molar-refractivity contribution in [3.05, 3.63) is 21.1 Å². The summed E-state index contributed by atoms with van der Waals surface area (Å²) in [4.78, 5) is 0.997. The quantitative estimate of drug-likeness (QED) is 0.639. The maximum absolute atomic E-state index is 5.54. The van der Waals surface area contributed by atoms with E-state index >= 15 is 0 Å². The third-order valence-corrected chi connectivity index (χ3v) is 3.77. The fraction of sp³-hybridized carbons (Fsp3) is 0.200. The smallest absolute Gasteiger partial charge is 0.138 e. The van der Waals surface area contributed by atoms with Gasteiger partial charge >= 0.3 is 0 Å². The van der Waals surface area contributed by atoms with E-state index in [-0.39, 0.29) is 0 Å². The van der Waals surface area contributed by atoms with Crippen LogP contribution in [-0.4, -0.2) is 6.61 Å². The van der Waals surface area contributed by atoms with Crippen LogP contribution in [0.3, 0.4) is 0 Å². The molecule has 2 aromatic rings. The first-order chi connectivity index (χ1) is 6.72. The molecule has 0 bridgehead atoms. The van der Waals surface area contributed by atoms with Gasteiger partial charge in [0.1, 0.15) is 5.75 Å². The molecule has 0 radical (unpaired) electrons. The third kappa shape index (κ3) is 1.87. The van der Waals surface area contributed by atoms with Crippen molar-refractivity contribution in [2.24, 2.45) is 0 Å². The Morgan fingerprint density at radius 1 is 1.50 bits per heavy atom. The number of benzene rings is 1. The molecule has 0 spiro atoms. The highest BCUT2D eigenvalue weighted by Crippen LogP contribution is 2.37. The number of rotatable bonds is 2. The summed E-state index contributed by atoms with van der Waals surface area (Å²) in [6, 6.07) is 4.21. The van der Waals surface area contributed by atoms with Gasteiger partial charge in [-0.3, -0.25) is 0 Å². The van der Waals surface area contributed by atoms with Crippen LogP contribution in [0.5, 0.6) is 5.75 Å². The van der Waals surface area contributed by atoms with Gasteiger partial charge in [-0.2, -0.15) is 0 Å². The predicted molar refractivity (Wildman–Crippen MR) is 73.0 cm³/mol. The van der Waals surface area contributed by atoms with Gasteiger partial charge in [-0.05, 0) is 41.6 Å². The average Bonchev–Trinajstić information content (AvgIpc) is 2.49. The largest absolute Gasteiger partial charge is 0.492 e. The Bertz CT molecular complexity index is 464. The van der Waals surface area contributed by atoms with Crippen LogP contribution >= 0.6 is 46.6 Å². The number of thiol groups is 1. The van der Waals surface area contributed by atoms with Crippen molar-refractivity contribution in [1.29, 1.82) is 0 Å². The van der Waals surface area contributed by atoms with E-state index in [1.165, 1.54) is 8.27 Å². The Labute approximate surface area is 106 Å². The van der Waals surface area contributed by atoms with E-state index in [9.17, 15) is 0 Å². The van der Waals surface area contributed by atoms with Crippen LogP contribution in [0, 0.1) is 3.57 Å². The lowest BCUT2D eigenvalue weighted by Gasteiger charge is -2.02. The summed E-state index contributed by atoms with van der Waals surface area (Å²) >= 11 is 8.48. The van der Waals surface area contributed by atoms with Crippen LogP contribution < -0.4 is 4.74 Å². The lowest BCUT2D eigenvalue weighted by molar-refractivity contribution is 0.345. The highest BCUT2D eigenvalue weighted by atomic mass is 127. The summed E-state index contributed by atoms with van der Waals surface area (Å²) in [6.45, 7) is 2.69. The molecule has 4 heteroatoms. The van der Waals surface area contributed by atoms with Crippen molar-refractivity contribution < 1.29 is 4.74 Å². The molecule has 0 unspecified atom stereocenters. The molecule has 0 aliphatic rings. The molecule has 0 saturated heterocycles. The van der Waals surface area contributed by atoms with E-state index in [0.717, 1.165) is 16.0 Å². The number of fused-ring (bicyclic) bond motifs is 1. The van der Waals surface area contributed by atoms with Crippen LogP contribution in [0.2, 0.25) is 0 Å². The monoisotopic (exact) mass is 336 g/mol. The summed E-state index contributed by atoms with van der Waals surface area (Å²) in [5.41, 5.74) is 0. The van der Waals surface area contributed by atoms with E-state index in [1.807, 2.05) is 12.3 Å². The van der Waals surface area contributed by atoms with Gasteiger partial charge in [-0.15, -0.1) is 24.0 Å². The Hall–Kier alpha value is 0.0600. The Balaban J connectivity index is 2.66. The maximum atomic E-state index is 5.54. The van der Waals surface area contributed by atoms with Crippen LogP contribution in [0.1, 0.15) is 6.92 Å². The van der Waals surface area contributed by atoms with Gasteiger partial charge in [0, 0.05) is 23.9 Å². The standard InChI is InChI=1S/C10H9IOS2/c1-2-12-7-5-14-9-4-6(11)3-8(13)10(7)9/h3-5,13H,2H2,1H3. The summed E-state index contributed by atoms with van der Waals surface area (Å²) in [5.74, 6) is 0.953. The Kier molecular flexibility index (Phi) is 3.23. The molecule has 1 heterocycles. The molecule has 74 valence electrons. The molecule has 2 rings (SSSR count). The topological polar surface area (TPSA) is 9.23 Å². The number of thiophene rings is 1. The number of ether oxygens (including phenoxy) is 1. The summed E-state index contributed by atoms with van der Waals surface area (Å²) < 4.78 is 7.99. The molecule has 1 nitrogen and oxygen atoms in total. The zero-order valence-corrected chi connectivity index (χ0v) is 11.4. The Morgan fingerprint density at radius 3 is 3.00 bits per heavy atom. The van der Waals surface area contributed by atoms with Gasteiger partial charge in [-0.25, -0.2) is 0 Å². The van der Waals surface area contributed by atoms with Crippen molar-refractivity contribution in [1.82, 2.24) is 0 Å². The minimum absolute atomic E-state index is 0.699. The molecule has 0 atom stereocenters. The average molecular weight is 336 g/mol. The molecular formula is C10H9IOS2. The van der Waals surface area contributed by atoms with E-state index in [4.69, 9.17) is 4.74 Å². The summed E-state index contributed by atoms with van der Waals surface area (Å²) in [6.07, 6.45) is 0. The van der Waals surface area contributed by atoms with E-state index in [2.05, 4.69) is 47.4 Å². The normalized spacial score (nSPS) is 10.8. The molecule has 0 aliphatic heterocycles. The molecule has 0 aliphatic carbocycles. The van der Waals surface area contributed by atoms with Crippen molar-refractivity contribution in [3.8, 4) is 5.75 Å². The van der Waals surface area contributed by atoms with E-state index < -0.39 is 0 Å². The second-order valence-corrected chi connectivity index (χ2v) is 5.47. The van der Waals surface area contributed by atoms with E-state index in [1.54, 1.807) is 11.3 Å². The molecule has 0 saturated carbocycles. The van der Waals surface area contributed by atoms with Gasteiger partial charge in [0.2, 0.25) is 0 Å².